The predicted molar refractivity (Wildman–Crippen MR) is 26.0 cm³/mol. The molecule has 0 saturated carbocycles. The summed E-state index contributed by atoms with van der Waals surface area (Å²) in [6.45, 7) is 0. The minimum atomic E-state index is -0.935. The third-order valence-corrected chi connectivity index (χ3v) is 0.392. The monoisotopic (exact) mass is 135 g/mol. The van der Waals surface area contributed by atoms with Gasteiger partial charge in [0.15, 0.2) is 5.03 Å². The van der Waals surface area contributed by atoms with Crippen LogP contribution in [-0.4, -0.2) is 11.1 Å². The van der Waals surface area contributed by atoms with Crippen molar-refractivity contribution in [2.24, 2.45) is 5.84 Å². The number of nitro groups is 1. The van der Waals surface area contributed by atoms with Crippen LogP contribution in [0.1, 0.15) is 0 Å². The van der Waals surface area contributed by atoms with Crippen LogP contribution in [-0.2, 0) is 0 Å². The van der Waals surface area contributed by atoms with Crippen molar-refractivity contribution in [2.75, 3.05) is 0 Å². The fraction of sp³-hybridized carbons (Fsp3) is 0. The third-order valence-electron chi connectivity index (χ3n) is 0.392. The zero-order valence-corrected chi connectivity index (χ0v) is 4.25. The topological polar surface area (TPSA) is 122 Å². The van der Waals surface area contributed by atoms with E-state index in [0.29, 0.717) is 0 Å². The Morgan fingerprint density at radius 3 is 2.56 bits per heavy atom. The van der Waals surface area contributed by atoms with Gasteiger partial charge in [-0.25, -0.2) is 20.8 Å². The molecule has 9 heavy (non-hydrogen) atoms. The van der Waals surface area contributed by atoms with Crippen LogP contribution in [0, 0.1) is 10.1 Å². The zero-order valence-electron chi connectivity index (χ0n) is 4.25. The van der Waals surface area contributed by atoms with Gasteiger partial charge < -0.3 is 0 Å². The molecule has 0 bridgehead atoms. The molecule has 0 aliphatic carbocycles. The molecule has 2 amide bonds. The number of nitrogens with two attached hydrogens (primary N) is 1. The van der Waals surface area contributed by atoms with Crippen LogP contribution >= 0.6 is 0 Å². The van der Waals surface area contributed by atoms with E-state index >= 15 is 0 Å². The Balaban J connectivity index is 3.28. The van der Waals surface area contributed by atoms with E-state index in [-0.39, 0.29) is 0 Å². The quantitative estimate of drug-likeness (QED) is 0.149. The van der Waals surface area contributed by atoms with Crippen molar-refractivity contribution in [1.29, 1.82) is 0 Å². The summed E-state index contributed by atoms with van der Waals surface area (Å²) in [6.07, 6.45) is 0. The first-order valence-electron chi connectivity index (χ1n) is 1.83. The Labute approximate surface area is 49.5 Å². The fourth-order valence-electron chi connectivity index (χ4n) is 0.133. The molecule has 0 unspecified atom stereocenters. The highest BCUT2D eigenvalue weighted by Crippen LogP contribution is 1.53. The number of amides is 2. The van der Waals surface area contributed by atoms with Crippen LogP contribution in [0.15, 0.2) is 0 Å². The van der Waals surface area contributed by atoms with Crippen molar-refractivity contribution in [3.8, 4) is 0 Å². The van der Waals surface area contributed by atoms with Crippen LogP contribution in [0.25, 0.3) is 0 Å². The molecule has 0 rings (SSSR count). The molecule has 0 saturated heterocycles. The predicted octanol–water partition coefficient (Wildman–Crippen LogP) is -2.14. The summed E-state index contributed by atoms with van der Waals surface area (Å²) in [5.74, 6) is 4.53. The van der Waals surface area contributed by atoms with E-state index in [1.165, 1.54) is 5.53 Å². The maximum absolute atomic E-state index is 10.0. The standard InChI is InChI=1S/CH5N5O3/c2-3-1(7)4-5-6(8)9/h5H,2H2,(H2,3,4,7). The summed E-state index contributed by atoms with van der Waals surface area (Å²) >= 11 is 0. The number of hydrogen-bond acceptors (Lipinski definition) is 4. The van der Waals surface area contributed by atoms with Gasteiger partial charge in [0.1, 0.15) is 0 Å². The van der Waals surface area contributed by atoms with Gasteiger partial charge in [-0.15, -0.1) is 0 Å². The first-order chi connectivity index (χ1) is 4.16. The van der Waals surface area contributed by atoms with Gasteiger partial charge in [-0.2, -0.15) is 5.43 Å². The van der Waals surface area contributed by atoms with Gasteiger partial charge in [0.25, 0.3) is 0 Å². The van der Waals surface area contributed by atoms with Gasteiger partial charge in [0.2, 0.25) is 0 Å². The van der Waals surface area contributed by atoms with Crippen molar-refractivity contribution in [1.82, 2.24) is 16.4 Å². The lowest BCUT2D eigenvalue weighted by molar-refractivity contribution is -0.552. The van der Waals surface area contributed by atoms with Crippen molar-refractivity contribution >= 4 is 6.03 Å². The number of hydrogen-bond donors (Lipinski definition) is 4. The summed E-state index contributed by atoms with van der Waals surface area (Å²) in [4.78, 5) is 19.4. The number of nitrogens with zero attached hydrogens (tertiary/aromatic N) is 1. The summed E-state index contributed by atoms with van der Waals surface area (Å²) < 4.78 is 0. The highest BCUT2D eigenvalue weighted by Gasteiger charge is 1.96. The molecule has 0 aromatic heterocycles. The van der Waals surface area contributed by atoms with Crippen LogP contribution in [0.5, 0.6) is 0 Å². The normalized spacial score (nSPS) is 7.67. The van der Waals surface area contributed by atoms with Crippen LogP contribution in [0.4, 0.5) is 4.79 Å². The molecule has 52 valence electrons. The molecular weight excluding hydrogens is 130 g/mol. The van der Waals surface area contributed by atoms with E-state index in [1.54, 1.807) is 10.9 Å². The second-order valence-electron chi connectivity index (χ2n) is 0.967. The van der Waals surface area contributed by atoms with Crippen LogP contribution in [0.2, 0.25) is 0 Å². The summed E-state index contributed by atoms with van der Waals surface area (Å²) in [5, 5.41) is 8.50. The molecule has 0 atom stereocenters. The average Bonchev–Trinajstić information content (AvgIpc) is 1.83. The number of urea groups is 1. The molecule has 8 nitrogen and oxygen atoms in total. The van der Waals surface area contributed by atoms with E-state index in [9.17, 15) is 14.9 Å². The maximum atomic E-state index is 10.0. The van der Waals surface area contributed by atoms with Gasteiger partial charge in [-0.05, 0) is 5.53 Å². The number of carbonyl (C=O) groups is 1. The van der Waals surface area contributed by atoms with Gasteiger partial charge >= 0.3 is 6.03 Å². The molecule has 0 aromatic rings. The highest BCUT2D eigenvalue weighted by atomic mass is 16.7. The summed E-state index contributed by atoms with van der Waals surface area (Å²) in [7, 11) is 0. The van der Waals surface area contributed by atoms with Gasteiger partial charge in [0.05, 0.1) is 0 Å². The van der Waals surface area contributed by atoms with E-state index in [1.807, 2.05) is 0 Å². The van der Waals surface area contributed by atoms with Crippen molar-refractivity contribution in [2.45, 2.75) is 0 Å². The van der Waals surface area contributed by atoms with Crippen molar-refractivity contribution in [3.05, 3.63) is 10.1 Å². The number of nitrogens with one attached hydrogen (secondary N) is 3. The molecule has 0 aliphatic rings. The zero-order chi connectivity index (χ0) is 7.28. The Hall–Kier alpha value is -1.57. The summed E-state index contributed by atoms with van der Waals surface area (Å²) in [6, 6.07) is -0.883. The van der Waals surface area contributed by atoms with Crippen LogP contribution in [0.3, 0.4) is 0 Å². The summed E-state index contributed by atoms with van der Waals surface area (Å²) in [5.41, 5.74) is 4.59. The molecule has 0 aromatic carbocycles. The molecule has 0 radical (unpaired) electrons. The Morgan fingerprint density at radius 2 is 2.22 bits per heavy atom. The molecule has 0 spiro atoms. The Kier molecular flexibility index (Phi) is 2.84. The fourth-order valence-corrected chi connectivity index (χ4v) is 0.133. The van der Waals surface area contributed by atoms with E-state index in [4.69, 9.17) is 0 Å². The minimum Gasteiger partial charge on any atom is -0.274 e. The Morgan fingerprint density at radius 1 is 1.67 bits per heavy atom. The Bertz CT molecular complexity index is 121. The number of carbonyl (C=O) groups excluding carboxylic acids is 1. The van der Waals surface area contributed by atoms with Crippen LogP contribution < -0.4 is 22.2 Å². The first kappa shape index (κ1) is 7.43. The molecule has 0 fully saturated rings. The van der Waals surface area contributed by atoms with Gasteiger partial charge in [-0.3, -0.25) is 5.43 Å². The van der Waals surface area contributed by atoms with E-state index < -0.39 is 11.1 Å². The maximum Gasteiger partial charge on any atom is 0.351 e. The molecule has 8 heteroatoms. The third kappa shape index (κ3) is 4.28. The largest absolute Gasteiger partial charge is 0.351 e. The van der Waals surface area contributed by atoms with Gasteiger partial charge in [0, 0.05) is 0 Å². The smallest absolute Gasteiger partial charge is 0.274 e. The lowest BCUT2D eigenvalue weighted by atomic mass is 11.1. The van der Waals surface area contributed by atoms with Crippen molar-refractivity contribution in [3.63, 3.8) is 0 Å². The van der Waals surface area contributed by atoms with Crippen molar-refractivity contribution < 1.29 is 9.83 Å². The lowest BCUT2D eigenvalue weighted by Gasteiger charge is -1.96. The minimum absolute atomic E-state index is 0.883. The SMILES string of the molecule is NNC(=O)NN[N+](=O)[O-]. The second-order valence-corrected chi connectivity index (χ2v) is 0.967. The highest BCUT2D eigenvalue weighted by molar-refractivity contribution is 5.72. The number of hydrazine groups is 3. The average molecular weight is 135 g/mol. The van der Waals surface area contributed by atoms with E-state index in [0.717, 1.165) is 0 Å². The van der Waals surface area contributed by atoms with E-state index in [2.05, 4.69) is 5.84 Å². The first-order valence-corrected chi connectivity index (χ1v) is 1.83. The number of rotatable bonds is 2. The second kappa shape index (κ2) is 3.43. The molecule has 5 N–H and O–H groups in total. The molecule has 0 aliphatic heterocycles. The molecular formula is CH5N5O3. The van der Waals surface area contributed by atoms with Gasteiger partial charge in [-0.1, -0.05) is 0 Å². The molecule has 0 heterocycles. The lowest BCUT2D eigenvalue weighted by Crippen LogP contribution is -2.48.